The Morgan fingerprint density at radius 1 is 1.34 bits per heavy atom. The van der Waals surface area contributed by atoms with Gasteiger partial charge in [-0.3, -0.25) is 4.79 Å². The van der Waals surface area contributed by atoms with Crippen molar-refractivity contribution in [3.63, 3.8) is 0 Å². The lowest BCUT2D eigenvalue weighted by Crippen LogP contribution is -2.35. The van der Waals surface area contributed by atoms with E-state index in [-0.39, 0.29) is 17.8 Å². The van der Waals surface area contributed by atoms with Crippen LogP contribution in [-0.4, -0.2) is 44.5 Å². The van der Waals surface area contributed by atoms with Crippen LogP contribution in [-0.2, 0) is 23.0 Å². The fraction of sp³-hybridized carbons (Fsp3) is 0.364. The Hall–Kier alpha value is -2.72. The van der Waals surface area contributed by atoms with Gasteiger partial charge in [-0.25, -0.2) is 8.42 Å². The molecule has 0 aromatic heterocycles. The molecule has 0 aliphatic carbocycles. The maximum absolute atomic E-state index is 12.9. The molecule has 0 saturated heterocycles. The van der Waals surface area contributed by atoms with Crippen molar-refractivity contribution in [3.05, 3.63) is 47.0 Å². The van der Waals surface area contributed by atoms with Gasteiger partial charge >= 0.3 is 0 Å². The van der Waals surface area contributed by atoms with E-state index in [9.17, 15) is 13.2 Å². The van der Waals surface area contributed by atoms with E-state index >= 15 is 0 Å². The predicted molar refractivity (Wildman–Crippen MR) is 123 cm³/mol. The highest BCUT2D eigenvalue weighted by Gasteiger charge is 2.33. The standard InChI is InChI=1S/C22H23N3O5S2/c1-3-29-18-9-15-8-13(2)30-19(15)10-16(18)12-23-21(26)14-4-5-17-20(11-14)31-22-24-32(27,28)7-6-25(17)22/h4-5,9-11,13H,3,6-8,12H2,1-2H3,(H,23,26)/t13-/m0/s1. The zero-order valence-electron chi connectivity index (χ0n) is 17.8. The molecule has 10 heteroatoms. The number of anilines is 1. The summed E-state index contributed by atoms with van der Waals surface area (Å²) in [6.07, 6.45) is 0.977. The van der Waals surface area contributed by atoms with Gasteiger partial charge in [0.1, 0.15) is 17.6 Å². The summed E-state index contributed by atoms with van der Waals surface area (Å²) in [5, 5.41) is 3.40. The second kappa shape index (κ2) is 8.00. The molecule has 3 heterocycles. The van der Waals surface area contributed by atoms with E-state index in [0.29, 0.717) is 30.4 Å². The van der Waals surface area contributed by atoms with Gasteiger partial charge in [0, 0.05) is 41.1 Å². The molecule has 2 aromatic rings. The molecule has 3 aliphatic rings. The summed E-state index contributed by atoms with van der Waals surface area (Å²) < 4.78 is 39.1. The number of rotatable bonds is 5. The van der Waals surface area contributed by atoms with Crippen molar-refractivity contribution in [2.75, 3.05) is 23.8 Å². The lowest BCUT2D eigenvalue weighted by atomic mass is 10.1. The Kier molecular flexibility index (Phi) is 5.29. The molecule has 8 nitrogen and oxygen atoms in total. The summed E-state index contributed by atoms with van der Waals surface area (Å²) in [4.78, 5) is 15.6. The smallest absolute Gasteiger partial charge is 0.257 e. The maximum Gasteiger partial charge on any atom is 0.257 e. The Morgan fingerprint density at radius 2 is 2.19 bits per heavy atom. The van der Waals surface area contributed by atoms with Crippen LogP contribution < -0.4 is 19.7 Å². The van der Waals surface area contributed by atoms with Gasteiger partial charge in [-0.05, 0) is 55.9 Å². The van der Waals surface area contributed by atoms with Gasteiger partial charge in [-0.1, -0.05) is 0 Å². The minimum atomic E-state index is -3.41. The number of ether oxygens (including phenoxy) is 2. The van der Waals surface area contributed by atoms with Gasteiger partial charge in [-0.15, -0.1) is 4.40 Å². The lowest BCUT2D eigenvalue weighted by Gasteiger charge is -2.22. The van der Waals surface area contributed by atoms with Crippen LogP contribution in [0.15, 0.2) is 39.6 Å². The minimum Gasteiger partial charge on any atom is -0.494 e. The molecule has 1 amide bonds. The van der Waals surface area contributed by atoms with Crippen LogP contribution in [0.1, 0.15) is 35.3 Å². The van der Waals surface area contributed by atoms with Gasteiger partial charge in [0.25, 0.3) is 15.9 Å². The molecule has 3 aliphatic heterocycles. The van der Waals surface area contributed by atoms with Crippen LogP contribution in [0, 0.1) is 0 Å². The van der Waals surface area contributed by atoms with E-state index < -0.39 is 10.0 Å². The van der Waals surface area contributed by atoms with Crippen LogP contribution in [0.5, 0.6) is 11.5 Å². The molecule has 0 fully saturated rings. The topological polar surface area (TPSA) is 97.3 Å². The molecule has 0 bridgehead atoms. The average molecular weight is 474 g/mol. The fourth-order valence-corrected chi connectivity index (χ4v) is 6.36. The molecule has 0 saturated carbocycles. The number of carbonyl (C=O) groups excluding carboxylic acids is 1. The van der Waals surface area contributed by atoms with Crippen molar-refractivity contribution in [2.24, 2.45) is 4.40 Å². The van der Waals surface area contributed by atoms with Crippen molar-refractivity contribution in [1.29, 1.82) is 0 Å². The number of sulfonamides is 1. The monoisotopic (exact) mass is 473 g/mol. The van der Waals surface area contributed by atoms with E-state index in [1.54, 1.807) is 12.1 Å². The highest BCUT2D eigenvalue weighted by Crippen LogP contribution is 2.42. The van der Waals surface area contributed by atoms with Gasteiger partial charge in [-0.2, -0.15) is 0 Å². The summed E-state index contributed by atoms with van der Waals surface area (Å²) in [7, 11) is -3.41. The summed E-state index contributed by atoms with van der Waals surface area (Å²) in [6, 6.07) is 9.31. The summed E-state index contributed by atoms with van der Waals surface area (Å²) in [5.41, 5.74) is 3.36. The van der Waals surface area contributed by atoms with Crippen molar-refractivity contribution < 1.29 is 22.7 Å². The molecule has 168 valence electrons. The summed E-state index contributed by atoms with van der Waals surface area (Å²) >= 11 is 1.27. The number of fused-ring (bicyclic) bond motifs is 4. The van der Waals surface area contributed by atoms with E-state index in [2.05, 4.69) is 9.71 Å². The Balaban J connectivity index is 1.33. The average Bonchev–Trinajstić information content (AvgIpc) is 3.28. The fourth-order valence-electron chi connectivity index (χ4n) is 4.06. The highest BCUT2D eigenvalue weighted by atomic mass is 32.2. The molecule has 32 heavy (non-hydrogen) atoms. The van der Waals surface area contributed by atoms with E-state index in [1.165, 1.54) is 11.8 Å². The minimum absolute atomic E-state index is 0.00975. The van der Waals surface area contributed by atoms with Gasteiger partial charge in [0.15, 0.2) is 5.17 Å². The second-order valence-corrected chi connectivity index (χ2v) is 10.7. The molecule has 0 spiro atoms. The first-order chi connectivity index (χ1) is 15.3. The SMILES string of the molecule is CCOc1cc2c(cc1CNC(=O)c1ccc3c(c1)SC1=NS(=O)(=O)CCN13)O[C@@H](C)C2. The first-order valence-electron chi connectivity index (χ1n) is 10.5. The van der Waals surface area contributed by atoms with E-state index in [0.717, 1.165) is 39.6 Å². The molecule has 1 atom stereocenters. The Morgan fingerprint density at radius 3 is 3.00 bits per heavy atom. The second-order valence-electron chi connectivity index (χ2n) is 7.91. The van der Waals surface area contributed by atoms with Crippen molar-refractivity contribution >= 4 is 38.5 Å². The van der Waals surface area contributed by atoms with Crippen molar-refractivity contribution in [1.82, 2.24) is 5.32 Å². The predicted octanol–water partition coefficient (Wildman–Crippen LogP) is 2.95. The number of carbonyl (C=O) groups is 1. The third kappa shape index (κ3) is 3.93. The number of benzene rings is 2. The number of nitrogens with one attached hydrogen (secondary N) is 1. The largest absolute Gasteiger partial charge is 0.494 e. The molecular weight excluding hydrogens is 450 g/mol. The molecule has 1 N–H and O–H groups in total. The molecular formula is C22H23N3O5S2. The van der Waals surface area contributed by atoms with Crippen LogP contribution in [0.25, 0.3) is 0 Å². The maximum atomic E-state index is 12.9. The number of amides is 1. The number of nitrogens with zero attached hydrogens (tertiary/aromatic N) is 2. The van der Waals surface area contributed by atoms with Crippen LogP contribution >= 0.6 is 11.8 Å². The highest BCUT2D eigenvalue weighted by molar-refractivity contribution is 8.15. The third-order valence-electron chi connectivity index (χ3n) is 5.55. The van der Waals surface area contributed by atoms with Gasteiger partial charge < -0.3 is 19.7 Å². The van der Waals surface area contributed by atoms with Crippen molar-refractivity contribution in [3.8, 4) is 11.5 Å². The van der Waals surface area contributed by atoms with Crippen LogP contribution in [0.4, 0.5) is 5.69 Å². The third-order valence-corrected chi connectivity index (χ3v) is 7.86. The van der Waals surface area contributed by atoms with Gasteiger partial charge in [0.2, 0.25) is 0 Å². The zero-order chi connectivity index (χ0) is 22.5. The summed E-state index contributed by atoms with van der Waals surface area (Å²) in [5.74, 6) is 1.37. The quantitative estimate of drug-likeness (QED) is 0.713. The van der Waals surface area contributed by atoms with E-state index in [4.69, 9.17) is 9.47 Å². The van der Waals surface area contributed by atoms with Crippen LogP contribution in [0.2, 0.25) is 0 Å². The van der Waals surface area contributed by atoms with Crippen LogP contribution in [0.3, 0.4) is 0 Å². The first-order valence-corrected chi connectivity index (χ1v) is 12.9. The zero-order valence-corrected chi connectivity index (χ0v) is 19.4. The van der Waals surface area contributed by atoms with Gasteiger partial charge in [0.05, 0.1) is 18.0 Å². The summed E-state index contributed by atoms with van der Waals surface area (Å²) in [6.45, 7) is 5.17. The van der Waals surface area contributed by atoms with Crippen molar-refractivity contribution in [2.45, 2.75) is 37.8 Å². The lowest BCUT2D eigenvalue weighted by molar-refractivity contribution is 0.0950. The Labute approximate surface area is 191 Å². The molecule has 0 unspecified atom stereocenters. The van der Waals surface area contributed by atoms with E-state index in [1.807, 2.05) is 36.9 Å². The normalized spacial score (nSPS) is 20.0. The number of amidine groups is 1. The molecule has 2 aromatic carbocycles. The number of thioether (sulfide) groups is 1. The number of hydrogen-bond acceptors (Lipinski definition) is 7. The molecule has 0 radical (unpaired) electrons. The molecule has 5 rings (SSSR count). The first kappa shape index (κ1) is 21.1. The number of hydrogen-bond donors (Lipinski definition) is 1. The Bertz CT molecular complexity index is 1240.